The summed E-state index contributed by atoms with van der Waals surface area (Å²) < 4.78 is 0.771. The van der Waals surface area contributed by atoms with E-state index in [4.69, 9.17) is 5.73 Å². The van der Waals surface area contributed by atoms with Crippen molar-refractivity contribution in [2.45, 2.75) is 26.0 Å². The summed E-state index contributed by atoms with van der Waals surface area (Å²) in [5.74, 6) is 0.147. The summed E-state index contributed by atoms with van der Waals surface area (Å²) >= 11 is 3.25. The van der Waals surface area contributed by atoms with Gasteiger partial charge in [0.15, 0.2) is 0 Å². The van der Waals surface area contributed by atoms with Crippen LogP contribution in [0.15, 0.2) is 22.9 Å². The first-order valence-electron chi connectivity index (χ1n) is 4.57. The molecule has 0 aliphatic heterocycles. The van der Waals surface area contributed by atoms with Crippen molar-refractivity contribution >= 4 is 15.9 Å². The summed E-state index contributed by atoms with van der Waals surface area (Å²) in [6.45, 7) is 3.88. The second kappa shape index (κ2) is 4.87. The molecule has 78 valence electrons. The van der Waals surface area contributed by atoms with E-state index in [9.17, 15) is 5.11 Å². The number of aliphatic hydroxyl groups is 1. The molecule has 2 unspecified atom stereocenters. The highest BCUT2D eigenvalue weighted by atomic mass is 79.9. The Morgan fingerprint density at radius 1 is 1.43 bits per heavy atom. The lowest BCUT2D eigenvalue weighted by Gasteiger charge is -2.21. The summed E-state index contributed by atoms with van der Waals surface area (Å²) in [6, 6.07) is 3.32. The number of halogens is 1. The molecule has 1 heterocycles. The predicted molar refractivity (Wildman–Crippen MR) is 59.7 cm³/mol. The molecule has 0 saturated heterocycles. The van der Waals surface area contributed by atoms with Crippen molar-refractivity contribution in [3.05, 3.63) is 28.5 Å². The largest absolute Gasteiger partial charge is 0.391 e. The van der Waals surface area contributed by atoms with Crippen LogP contribution in [0.1, 0.15) is 25.5 Å². The maximum atomic E-state index is 9.75. The van der Waals surface area contributed by atoms with Gasteiger partial charge in [0, 0.05) is 6.20 Å². The van der Waals surface area contributed by atoms with E-state index < -0.39 is 6.10 Å². The van der Waals surface area contributed by atoms with E-state index >= 15 is 0 Å². The summed E-state index contributed by atoms with van der Waals surface area (Å²) in [7, 11) is 0. The van der Waals surface area contributed by atoms with E-state index in [0.29, 0.717) is 0 Å². The van der Waals surface area contributed by atoms with Crippen LogP contribution in [0.3, 0.4) is 0 Å². The smallest absolute Gasteiger partial charge is 0.106 e. The molecule has 0 aromatic carbocycles. The van der Waals surface area contributed by atoms with E-state index in [0.717, 1.165) is 10.2 Å². The molecule has 4 heteroatoms. The fraction of sp³-hybridized carbons (Fsp3) is 0.500. The van der Waals surface area contributed by atoms with Gasteiger partial charge in [-0.05, 0) is 33.5 Å². The van der Waals surface area contributed by atoms with Crippen molar-refractivity contribution in [3.8, 4) is 0 Å². The molecule has 0 spiro atoms. The predicted octanol–water partition coefficient (Wildman–Crippen LogP) is 1.86. The van der Waals surface area contributed by atoms with E-state index in [1.165, 1.54) is 0 Å². The number of aromatic nitrogens is 1. The number of rotatable bonds is 3. The van der Waals surface area contributed by atoms with Gasteiger partial charge >= 0.3 is 0 Å². The quantitative estimate of drug-likeness (QED) is 0.814. The molecule has 0 aliphatic rings. The average Bonchev–Trinajstić information content (AvgIpc) is 2.16. The Hall–Kier alpha value is -0.450. The first kappa shape index (κ1) is 11.6. The van der Waals surface area contributed by atoms with Crippen molar-refractivity contribution in [1.29, 1.82) is 0 Å². The molecule has 0 bridgehead atoms. The summed E-state index contributed by atoms with van der Waals surface area (Å²) in [5.41, 5.74) is 6.74. The highest BCUT2D eigenvalue weighted by Gasteiger charge is 2.19. The van der Waals surface area contributed by atoms with Crippen LogP contribution in [-0.4, -0.2) is 16.2 Å². The molecule has 2 atom stereocenters. The molecule has 0 amide bonds. The number of hydrogen-bond donors (Lipinski definition) is 2. The highest BCUT2D eigenvalue weighted by Crippen LogP contribution is 2.19. The summed E-state index contributed by atoms with van der Waals surface area (Å²) in [6.07, 6.45) is 1.15. The normalized spacial score (nSPS) is 15.6. The minimum atomic E-state index is -0.530. The summed E-state index contributed by atoms with van der Waals surface area (Å²) in [4.78, 5) is 4.07. The third-order valence-electron chi connectivity index (χ3n) is 2.19. The van der Waals surface area contributed by atoms with E-state index in [1.807, 2.05) is 26.0 Å². The monoisotopic (exact) mass is 258 g/mol. The zero-order valence-electron chi connectivity index (χ0n) is 8.31. The summed E-state index contributed by atoms with van der Waals surface area (Å²) in [5, 5.41) is 9.75. The Morgan fingerprint density at radius 2 is 2.07 bits per heavy atom. The molecular formula is C10H15BrN2O. The van der Waals surface area contributed by atoms with Crippen molar-refractivity contribution in [3.63, 3.8) is 0 Å². The van der Waals surface area contributed by atoms with Crippen LogP contribution in [0, 0.1) is 5.92 Å². The van der Waals surface area contributed by atoms with Crippen LogP contribution in [0.25, 0.3) is 0 Å². The molecule has 0 fully saturated rings. The number of hydrogen-bond acceptors (Lipinski definition) is 3. The van der Waals surface area contributed by atoms with E-state index in [2.05, 4.69) is 20.9 Å². The van der Waals surface area contributed by atoms with Crippen LogP contribution in [0.4, 0.5) is 0 Å². The number of pyridine rings is 1. The molecule has 1 aromatic heterocycles. The van der Waals surface area contributed by atoms with Crippen LogP contribution < -0.4 is 5.73 Å². The zero-order chi connectivity index (χ0) is 10.7. The van der Waals surface area contributed by atoms with Crippen molar-refractivity contribution in [2.24, 2.45) is 11.7 Å². The minimum Gasteiger partial charge on any atom is -0.391 e. The first-order chi connectivity index (χ1) is 6.52. The lowest BCUT2D eigenvalue weighted by molar-refractivity contribution is 0.0978. The molecule has 1 aromatic rings. The van der Waals surface area contributed by atoms with Crippen LogP contribution in [0.2, 0.25) is 0 Å². The Balaban J connectivity index is 2.78. The van der Waals surface area contributed by atoms with Gasteiger partial charge in [-0.25, -0.2) is 4.98 Å². The van der Waals surface area contributed by atoms with Gasteiger partial charge in [0.25, 0.3) is 0 Å². The van der Waals surface area contributed by atoms with Gasteiger partial charge in [0.05, 0.1) is 12.1 Å². The number of nitrogens with two attached hydrogens (primary N) is 1. The zero-order valence-corrected chi connectivity index (χ0v) is 9.90. The van der Waals surface area contributed by atoms with Crippen molar-refractivity contribution in [1.82, 2.24) is 4.98 Å². The van der Waals surface area contributed by atoms with Gasteiger partial charge in [-0.2, -0.15) is 0 Å². The van der Waals surface area contributed by atoms with Crippen molar-refractivity contribution < 1.29 is 5.11 Å². The fourth-order valence-electron chi connectivity index (χ4n) is 1.20. The Bertz CT molecular complexity index is 287. The van der Waals surface area contributed by atoms with Gasteiger partial charge in [0.2, 0.25) is 0 Å². The van der Waals surface area contributed by atoms with Crippen molar-refractivity contribution in [2.75, 3.05) is 0 Å². The lowest BCUT2D eigenvalue weighted by atomic mass is 9.96. The topological polar surface area (TPSA) is 59.1 Å². The van der Waals surface area contributed by atoms with Gasteiger partial charge in [-0.1, -0.05) is 19.9 Å². The Kier molecular flexibility index (Phi) is 4.04. The molecule has 0 radical (unpaired) electrons. The second-order valence-electron chi connectivity index (χ2n) is 3.67. The average molecular weight is 259 g/mol. The molecular weight excluding hydrogens is 244 g/mol. The molecule has 14 heavy (non-hydrogen) atoms. The Morgan fingerprint density at radius 3 is 2.50 bits per heavy atom. The van der Waals surface area contributed by atoms with Gasteiger partial charge in [-0.3, -0.25) is 0 Å². The minimum absolute atomic E-state index is 0.147. The number of aliphatic hydroxyl groups excluding tert-OH is 1. The van der Waals surface area contributed by atoms with Crippen LogP contribution >= 0.6 is 15.9 Å². The third kappa shape index (κ3) is 2.77. The van der Waals surface area contributed by atoms with E-state index in [-0.39, 0.29) is 12.0 Å². The fourth-order valence-corrected chi connectivity index (χ4v) is 1.43. The van der Waals surface area contributed by atoms with Gasteiger partial charge in [0.1, 0.15) is 4.60 Å². The van der Waals surface area contributed by atoms with Crippen LogP contribution in [0.5, 0.6) is 0 Å². The SMILES string of the molecule is CC(C)C(O)C(N)c1ccc(Br)nc1. The molecule has 3 N–H and O–H groups in total. The maximum absolute atomic E-state index is 9.75. The Labute approximate surface area is 92.5 Å². The molecule has 0 saturated carbocycles. The highest BCUT2D eigenvalue weighted by molar-refractivity contribution is 9.10. The number of nitrogens with zero attached hydrogens (tertiary/aromatic N) is 1. The first-order valence-corrected chi connectivity index (χ1v) is 5.36. The standard InChI is InChI=1S/C10H15BrN2O/c1-6(2)10(14)9(12)7-3-4-8(11)13-5-7/h3-6,9-10,14H,12H2,1-2H3. The lowest BCUT2D eigenvalue weighted by Crippen LogP contribution is -2.30. The van der Waals surface area contributed by atoms with Crippen LogP contribution in [-0.2, 0) is 0 Å². The maximum Gasteiger partial charge on any atom is 0.106 e. The van der Waals surface area contributed by atoms with Gasteiger partial charge < -0.3 is 10.8 Å². The molecule has 0 aliphatic carbocycles. The van der Waals surface area contributed by atoms with Gasteiger partial charge in [-0.15, -0.1) is 0 Å². The molecule has 1 rings (SSSR count). The molecule has 3 nitrogen and oxygen atoms in total. The second-order valence-corrected chi connectivity index (χ2v) is 4.49. The third-order valence-corrected chi connectivity index (χ3v) is 2.66. The van der Waals surface area contributed by atoms with E-state index in [1.54, 1.807) is 6.20 Å².